The smallest absolute Gasteiger partial charge is 0.149 e. The van der Waals surface area contributed by atoms with Crippen LogP contribution >= 0.6 is 23.2 Å². The van der Waals surface area contributed by atoms with Crippen molar-refractivity contribution in [2.24, 2.45) is 5.73 Å². The SMILES string of the molecule is CCC(F)(CN)c1cc(Cl)ccc1Cl. The molecule has 1 atom stereocenters. The molecule has 1 nitrogen and oxygen atoms in total. The van der Waals surface area contributed by atoms with Gasteiger partial charge in [-0.3, -0.25) is 0 Å². The van der Waals surface area contributed by atoms with Crippen molar-refractivity contribution >= 4 is 23.2 Å². The Kier molecular flexibility index (Phi) is 3.76. The van der Waals surface area contributed by atoms with E-state index in [0.29, 0.717) is 15.6 Å². The van der Waals surface area contributed by atoms with Crippen molar-refractivity contribution in [3.63, 3.8) is 0 Å². The van der Waals surface area contributed by atoms with Crippen molar-refractivity contribution in [1.29, 1.82) is 0 Å². The van der Waals surface area contributed by atoms with Crippen LogP contribution in [0, 0.1) is 0 Å². The molecular weight excluding hydrogens is 224 g/mol. The number of hydrogen-bond donors (Lipinski definition) is 1. The molecule has 0 aliphatic carbocycles. The minimum Gasteiger partial charge on any atom is -0.327 e. The van der Waals surface area contributed by atoms with Gasteiger partial charge in [-0.1, -0.05) is 30.1 Å². The van der Waals surface area contributed by atoms with Gasteiger partial charge in [-0.15, -0.1) is 0 Å². The molecule has 0 bridgehead atoms. The number of alkyl halides is 1. The molecule has 0 saturated heterocycles. The van der Waals surface area contributed by atoms with Crippen molar-refractivity contribution in [3.05, 3.63) is 33.8 Å². The lowest BCUT2D eigenvalue weighted by Gasteiger charge is -2.23. The van der Waals surface area contributed by atoms with Gasteiger partial charge < -0.3 is 5.73 Å². The van der Waals surface area contributed by atoms with E-state index in [1.807, 2.05) is 0 Å². The molecule has 0 aliphatic heterocycles. The van der Waals surface area contributed by atoms with E-state index in [1.54, 1.807) is 19.1 Å². The lowest BCUT2D eigenvalue weighted by molar-refractivity contribution is 0.169. The van der Waals surface area contributed by atoms with Gasteiger partial charge >= 0.3 is 0 Å². The molecule has 0 aliphatic rings. The number of benzene rings is 1. The highest BCUT2D eigenvalue weighted by molar-refractivity contribution is 6.33. The molecule has 1 aromatic carbocycles. The zero-order valence-corrected chi connectivity index (χ0v) is 9.37. The van der Waals surface area contributed by atoms with Crippen LogP contribution in [0.2, 0.25) is 10.0 Å². The first-order valence-electron chi connectivity index (χ1n) is 4.38. The van der Waals surface area contributed by atoms with Crippen molar-refractivity contribution < 1.29 is 4.39 Å². The fraction of sp³-hybridized carbons (Fsp3) is 0.400. The fourth-order valence-corrected chi connectivity index (χ4v) is 1.74. The van der Waals surface area contributed by atoms with Crippen LogP contribution in [0.25, 0.3) is 0 Å². The summed E-state index contributed by atoms with van der Waals surface area (Å²) >= 11 is 11.7. The molecule has 1 rings (SSSR count). The third kappa shape index (κ3) is 2.19. The molecule has 0 aromatic heterocycles. The Balaban J connectivity index is 3.22. The Labute approximate surface area is 93.0 Å². The first-order chi connectivity index (χ1) is 6.53. The molecular formula is C10H12Cl2FN. The molecule has 0 amide bonds. The van der Waals surface area contributed by atoms with Crippen LogP contribution in [0.15, 0.2) is 18.2 Å². The highest BCUT2D eigenvalue weighted by Crippen LogP contribution is 2.35. The third-order valence-corrected chi connectivity index (χ3v) is 2.86. The molecule has 1 aromatic rings. The van der Waals surface area contributed by atoms with Gasteiger partial charge in [0.25, 0.3) is 0 Å². The van der Waals surface area contributed by atoms with Gasteiger partial charge in [-0.05, 0) is 24.6 Å². The van der Waals surface area contributed by atoms with E-state index in [9.17, 15) is 4.39 Å². The summed E-state index contributed by atoms with van der Waals surface area (Å²) in [6.07, 6.45) is 0.281. The summed E-state index contributed by atoms with van der Waals surface area (Å²) in [5, 5.41) is 0.831. The highest BCUT2D eigenvalue weighted by Gasteiger charge is 2.30. The summed E-state index contributed by atoms with van der Waals surface area (Å²) < 4.78 is 14.2. The normalized spacial score (nSPS) is 15.2. The monoisotopic (exact) mass is 235 g/mol. The quantitative estimate of drug-likeness (QED) is 0.853. The predicted octanol–water partition coefficient (Wildman–Crippen LogP) is 3.53. The van der Waals surface area contributed by atoms with Crippen LogP contribution in [0.1, 0.15) is 18.9 Å². The second kappa shape index (κ2) is 4.47. The van der Waals surface area contributed by atoms with E-state index in [-0.39, 0.29) is 13.0 Å². The maximum absolute atomic E-state index is 14.2. The Morgan fingerprint density at radius 2 is 2.07 bits per heavy atom. The zero-order chi connectivity index (χ0) is 10.8. The molecule has 0 heterocycles. The first kappa shape index (κ1) is 11.8. The second-order valence-electron chi connectivity index (χ2n) is 3.15. The second-order valence-corrected chi connectivity index (χ2v) is 3.99. The standard InChI is InChI=1S/C10H12Cl2FN/c1-2-10(13,6-14)8-5-7(11)3-4-9(8)12/h3-5H,2,6,14H2,1H3. The van der Waals surface area contributed by atoms with E-state index < -0.39 is 5.67 Å². The first-order valence-corrected chi connectivity index (χ1v) is 5.13. The zero-order valence-electron chi connectivity index (χ0n) is 7.86. The molecule has 14 heavy (non-hydrogen) atoms. The summed E-state index contributed by atoms with van der Waals surface area (Å²) in [5.41, 5.74) is 4.18. The summed E-state index contributed by atoms with van der Waals surface area (Å²) in [4.78, 5) is 0. The van der Waals surface area contributed by atoms with Gasteiger partial charge in [0.1, 0.15) is 5.67 Å². The van der Waals surface area contributed by atoms with Crippen molar-refractivity contribution in [2.75, 3.05) is 6.54 Å². The number of halogens is 3. The van der Waals surface area contributed by atoms with Gasteiger partial charge in [0.15, 0.2) is 0 Å². The Hall–Kier alpha value is -0.310. The van der Waals surface area contributed by atoms with Crippen LogP contribution in [-0.2, 0) is 5.67 Å². The topological polar surface area (TPSA) is 26.0 Å². The highest BCUT2D eigenvalue weighted by atomic mass is 35.5. The average Bonchev–Trinajstić information content (AvgIpc) is 2.20. The predicted molar refractivity (Wildman–Crippen MR) is 58.6 cm³/mol. The van der Waals surface area contributed by atoms with Crippen molar-refractivity contribution in [2.45, 2.75) is 19.0 Å². The molecule has 0 saturated carbocycles. The Morgan fingerprint density at radius 1 is 1.43 bits per heavy atom. The third-order valence-electron chi connectivity index (χ3n) is 2.30. The van der Waals surface area contributed by atoms with Crippen molar-refractivity contribution in [1.82, 2.24) is 0 Å². The molecule has 2 N–H and O–H groups in total. The van der Waals surface area contributed by atoms with E-state index >= 15 is 0 Å². The summed E-state index contributed by atoms with van der Waals surface area (Å²) in [6, 6.07) is 4.74. The molecule has 0 radical (unpaired) electrons. The lowest BCUT2D eigenvalue weighted by Crippen LogP contribution is -2.29. The largest absolute Gasteiger partial charge is 0.327 e. The molecule has 4 heteroatoms. The summed E-state index contributed by atoms with van der Waals surface area (Å²) in [6.45, 7) is 1.63. The lowest BCUT2D eigenvalue weighted by atomic mass is 9.93. The van der Waals surface area contributed by atoms with E-state index in [0.717, 1.165) is 0 Å². The van der Waals surface area contributed by atoms with E-state index in [1.165, 1.54) is 6.07 Å². The van der Waals surface area contributed by atoms with Crippen molar-refractivity contribution in [3.8, 4) is 0 Å². The van der Waals surface area contributed by atoms with Gasteiger partial charge in [0.2, 0.25) is 0 Å². The maximum atomic E-state index is 14.2. The number of nitrogens with two attached hydrogens (primary N) is 1. The molecule has 0 spiro atoms. The number of rotatable bonds is 3. The van der Waals surface area contributed by atoms with E-state index in [2.05, 4.69) is 0 Å². The van der Waals surface area contributed by atoms with Gasteiger partial charge in [-0.25, -0.2) is 4.39 Å². The van der Waals surface area contributed by atoms with Crippen LogP contribution in [0.3, 0.4) is 0 Å². The Morgan fingerprint density at radius 3 is 2.57 bits per heavy atom. The minimum atomic E-state index is -1.58. The van der Waals surface area contributed by atoms with Crippen LogP contribution < -0.4 is 5.73 Å². The van der Waals surface area contributed by atoms with Gasteiger partial charge in [0, 0.05) is 22.2 Å². The summed E-state index contributed by atoms with van der Waals surface area (Å²) in [7, 11) is 0. The summed E-state index contributed by atoms with van der Waals surface area (Å²) in [5.74, 6) is 0. The van der Waals surface area contributed by atoms with Crippen LogP contribution in [-0.4, -0.2) is 6.54 Å². The molecule has 1 unspecified atom stereocenters. The van der Waals surface area contributed by atoms with Crippen LogP contribution in [0.5, 0.6) is 0 Å². The molecule has 0 fully saturated rings. The van der Waals surface area contributed by atoms with E-state index in [4.69, 9.17) is 28.9 Å². The molecule has 78 valence electrons. The fourth-order valence-electron chi connectivity index (χ4n) is 1.29. The number of hydrogen-bond acceptors (Lipinski definition) is 1. The van der Waals surface area contributed by atoms with Crippen LogP contribution in [0.4, 0.5) is 4.39 Å². The van der Waals surface area contributed by atoms with Gasteiger partial charge in [0.05, 0.1) is 0 Å². The van der Waals surface area contributed by atoms with Gasteiger partial charge in [-0.2, -0.15) is 0 Å². The Bertz CT molecular complexity index is 324. The maximum Gasteiger partial charge on any atom is 0.149 e. The minimum absolute atomic E-state index is 0.0937. The average molecular weight is 236 g/mol.